The number of halogens is 1. The SMILES string of the molecule is N#CCC[C@H](NC(=O)c1cccc(Br)c1)C(N)=O. The van der Waals surface area contributed by atoms with E-state index in [9.17, 15) is 9.59 Å². The fourth-order valence-electron chi connectivity index (χ4n) is 1.37. The van der Waals surface area contributed by atoms with E-state index in [1.165, 1.54) is 0 Å². The number of nitrogens with one attached hydrogen (secondary N) is 1. The molecule has 0 saturated carbocycles. The molecular weight excluding hydrogens is 298 g/mol. The molecule has 6 heteroatoms. The van der Waals surface area contributed by atoms with Gasteiger partial charge in [0.25, 0.3) is 5.91 Å². The first kappa shape index (κ1) is 14.2. The van der Waals surface area contributed by atoms with E-state index >= 15 is 0 Å². The Morgan fingerprint density at radius 1 is 1.50 bits per heavy atom. The van der Waals surface area contributed by atoms with E-state index in [0.29, 0.717) is 5.56 Å². The Morgan fingerprint density at radius 3 is 2.78 bits per heavy atom. The molecule has 18 heavy (non-hydrogen) atoms. The number of nitrogens with zero attached hydrogens (tertiary/aromatic N) is 1. The van der Waals surface area contributed by atoms with Gasteiger partial charge >= 0.3 is 0 Å². The van der Waals surface area contributed by atoms with Gasteiger partial charge in [-0.2, -0.15) is 5.26 Å². The second-order valence-electron chi connectivity index (χ2n) is 3.64. The highest BCUT2D eigenvalue weighted by Crippen LogP contribution is 2.11. The number of nitrogens with two attached hydrogens (primary N) is 1. The van der Waals surface area contributed by atoms with E-state index in [0.717, 1.165) is 4.47 Å². The van der Waals surface area contributed by atoms with Crippen molar-refractivity contribution in [3.05, 3.63) is 34.3 Å². The first-order chi connectivity index (χ1) is 8.54. The number of benzene rings is 1. The number of amides is 2. The zero-order chi connectivity index (χ0) is 13.5. The van der Waals surface area contributed by atoms with Crippen molar-refractivity contribution < 1.29 is 9.59 Å². The van der Waals surface area contributed by atoms with Gasteiger partial charge in [-0.15, -0.1) is 0 Å². The summed E-state index contributed by atoms with van der Waals surface area (Å²) in [4.78, 5) is 23.0. The topological polar surface area (TPSA) is 96.0 Å². The van der Waals surface area contributed by atoms with Gasteiger partial charge in [0, 0.05) is 16.5 Å². The van der Waals surface area contributed by atoms with Crippen LogP contribution < -0.4 is 11.1 Å². The molecule has 0 fully saturated rings. The maximum Gasteiger partial charge on any atom is 0.251 e. The molecule has 0 saturated heterocycles. The number of nitriles is 1. The molecule has 1 aromatic carbocycles. The number of primary amides is 1. The Hall–Kier alpha value is -1.87. The van der Waals surface area contributed by atoms with Crippen molar-refractivity contribution in [3.63, 3.8) is 0 Å². The van der Waals surface area contributed by atoms with Crippen molar-refractivity contribution in [3.8, 4) is 6.07 Å². The lowest BCUT2D eigenvalue weighted by molar-refractivity contribution is -0.119. The fraction of sp³-hybridized carbons (Fsp3) is 0.250. The number of rotatable bonds is 5. The minimum Gasteiger partial charge on any atom is -0.368 e. The molecule has 1 atom stereocenters. The molecule has 0 bridgehead atoms. The normalized spacial score (nSPS) is 11.3. The number of hydrogen-bond donors (Lipinski definition) is 2. The lowest BCUT2D eigenvalue weighted by Gasteiger charge is -2.14. The highest BCUT2D eigenvalue weighted by Gasteiger charge is 2.18. The Morgan fingerprint density at radius 2 is 2.22 bits per heavy atom. The van der Waals surface area contributed by atoms with Gasteiger partial charge in [0.15, 0.2) is 0 Å². The molecule has 0 aliphatic heterocycles. The molecule has 0 aliphatic rings. The van der Waals surface area contributed by atoms with Crippen molar-refractivity contribution >= 4 is 27.7 Å². The zero-order valence-corrected chi connectivity index (χ0v) is 11.1. The van der Waals surface area contributed by atoms with Crippen LogP contribution in [0.25, 0.3) is 0 Å². The minimum atomic E-state index is -0.823. The average Bonchev–Trinajstić information content (AvgIpc) is 2.33. The van der Waals surface area contributed by atoms with Gasteiger partial charge in [-0.3, -0.25) is 9.59 Å². The zero-order valence-electron chi connectivity index (χ0n) is 9.52. The van der Waals surface area contributed by atoms with E-state index < -0.39 is 17.9 Å². The van der Waals surface area contributed by atoms with E-state index in [2.05, 4.69) is 21.2 Å². The Kier molecular flexibility index (Phi) is 5.33. The predicted octanol–water partition coefficient (Wildman–Crippen LogP) is 1.34. The molecule has 5 nitrogen and oxygen atoms in total. The van der Waals surface area contributed by atoms with E-state index in [1.54, 1.807) is 24.3 Å². The van der Waals surface area contributed by atoms with Gasteiger partial charge < -0.3 is 11.1 Å². The number of carbonyl (C=O) groups is 2. The monoisotopic (exact) mass is 309 g/mol. The van der Waals surface area contributed by atoms with Crippen LogP contribution in [0.2, 0.25) is 0 Å². The van der Waals surface area contributed by atoms with Crippen molar-refractivity contribution in [2.75, 3.05) is 0 Å². The van der Waals surface area contributed by atoms with Gasteiger partial charge in [0.2, 0.25) is 5.91 Å². The Labute approximate surface area is 113 Å². The van der Waals surface area contributed by atoms with Crippen molar-refractivity contribution in [1.82, 2.24) is 5.32 Å². The molecule has 3 N–H and O–H groups in total. The first-order valence-electron chi connectivity index (χ1n) is 5.27. The van der Waals surface area contributed by atoms with Crippen LogP contribution in [0, 0.1) is 11.3 Å². The maximum atomic E-state index is 11.9. The molecule has 94 valence electrons. The molecule has 0 aliphatic carbocycles. The summed E-state index contributed by atoms with van der Waals surface area (Å²) in [7, 11) is 0. The molecule has 0 unspecified atom stereocenters. The molecule has 1 rings (SSSR count). The molecule has 0 aromatic heterocycles. The number of carbonyl (C=O) groups excluding carboxylic acids is 2. The summed E-state index contributed by atoms with van der Waals surface area (Å²) in [5, 5.41) is 11.0. The predicted molar refractivity (Wildman–Crippen MR) is 69.4 cm³/mol. The first-order valence-corrected chi connectivity index (χ1v) is 6.06. The lowest BCUT2D eigenvalue weighted by Crippen LogP contribution is -2.44. The standard InChI is InChI=1S/C12H12BrN3O2/c13-9-4-1-3-8(7-9)12(18)16-10(11(15)17)5-2-6-14/h1,3-4,7,10H,2,5H2,(H2,15,17)(H,16,18)/t10-/m0/s1. The van der Waals surface area contributed by atoms with Gasteiger partial charge in [0.1, 0.15) is 6.04 Å². The molecule has 0 radical (unpaired) electrons. The van der Waals surface area contributed by atoms with Crippen LogP contribution in [0.3, 0.4) is 0 Å². The van der Waals surface area contributed by atoms with Crippen LogP contribution in [0.5, 0.6) is 0 Å². The van der Waals surface area contributed by atoms with Crippen LogP contribution in [0.4, 0.5) is 0 Å². The quantitative estimate of drug-likeness (QED) is 0.859. The second-order valence-corrected chi connectivity index (χ2v) is 4.55. The van der Waals surface area contributed by atoms with Crippen LogP contribution in [0.1, 0.15) is 23.2 Å². The average molecular weight is 310 g/mol. The van der Waals surface area contributed by atoms with Gasteiger partial charge in [-0.05, 0) is 24.6 Å². The van der Waals surface area contributed by atoms with Gasteiger partial charge in [0.05, 0.1) is 6.07 Å². The summed E-state index contributed by atoms with van der Waals surface area (Å²) >= 11 is 3.25. The Balaban J connectivity index is 2.73. The summed E-state index contributed by atoms with van der Waals surface area (Å²) in [6, 6.07) is 7.86. The fourth-order valence-corrected chi connectivity index (χ4v) is 1.76. The lowest BCUT2D eigenvalue weighted by atomic mass is 10.1. The smallest absolute Gasteiger partial charge is 0.251 e. The highest BCUT2D eigenvalue weighted by molar-refractivity contribution is 9.10. The van der Waals surface area contributed by atoms with Crippen LogP contribution in [-0.2, 0) is 4.79 Å². The number of hydrogen-bond acceptors (Lipinski definition) is 3. The van der Waals surface area contributed by atoms with E-state index in [4.69, 9.17) is 11.0 Å². The molecule has 2 amide bonds. The molecule has 1 aromatic rings. The summed E-state index contributed by atoms with van der Waals surface area (Å²) < 4.78 is 0.766. The van der Waals surface area contributed by atoms with E-state index in [1.807, 2.05) is 6.07 Å². The third-order valence-corrected chi connectivity index (χ3v) is 2.77. The Bertz CT molecular complexity index is 496. The maximum absolute atomic E-state index is 11.9. The van der Waals surface area contributed by atoms with Gasteiger partial charge in [-0.1, -0.05) is 22.0 Å². The van der Waals surface area contributed by atoms with Crippen molar-refractivity contribution in [2.45, 2.75) is 18.9 Å². The largest absolute Gasteiger partial charge is 0.368 e. The summed E-state index contributed by atoms with van der Waals surface area (Å²) in [6.45, 7) is 0. The highest BCUT2D eigenvalue weighted by atomic mass is 79.9. The van der Waals surface area contributed by atoms with Crippen LogP contribution in [-0.4, -0.2) is 17.9 Å². The van der Waals surface area contributed by atoms with Crippen molar-refractivity contribution in [1.29, 1.82) is 5.26 Å². The summed E-state index contributed by atoms with van der Waals surface area (Å²) in [6.07, 6.45) is 0.373. The summed E-state index contributed by atoms with van der Waals surface area (Å²) in [5.74, 6) is -1.04. The van der Waals surface area contributed by atoms with Gasteiger partial charge in [-0.25, -0.2) is 0 Å². The summed E-state index contributed by atoms with van der Waals surface area (Å²) in [5.41, 5.74) is 5.59. The van der Waals surface area contributed by atoms with E-state index in [-0.39, 0.29) is 12.8 Å². The third-order valence-electron chi connectivity index (χ3n) is 2.28. The molecular formula is C12H12BrN3O2. The second kappa shape index (κ2) is 6.77. The van der Waals surface area contributed by atoms with Crippen LogP contribution in [0.15, 0.2) is 28.7 Å². The molecule has 0 spiro atoms. The third kappa shape index (κ3) is 4.18. The molecule has 0 heterocycles. The minimum absolute atomic E-state index is 0.159. The van der Waals surface area contributed by atoms with Crippen LogP contribution >= 0.6 is 15.9 Å². The van der Waals surface area contributed by atoms with Crippen molar-refractivity contribution in [2.24, 2.45) is 5.73 Å².